The predicted molar refractivity (Wildman–Crippen MR) is 111 cm³/mol. The molecule has 1 saturated heterocycles. The lowest BCUT2D eigenvalue weighted by molar-refractivity contribution is -0.00834. The van der Waals surface area contributed by atoms with Gasteiger partial charge in [0, 0.05) is 37.3 Å². The molecule has 1 aliphatic rings. The van der Waals surface area contributed by atoms with Crippen molar-refractivity contribution in [1.29, 1.82) is 0 Å². The van der Waals surface area contributed by atoms with Gasteiger partial charge in [-0.3, -0.25) is 4.90 Å². The summed E-state index contributed by atoms with van der Waals surface area (Å²) in [6.45, 7) is 12.1. The van der Waals surface area contributed by atoms with E-state index in [1.807, 2.05) is 30.3 Å². The van der Waals surface area contributed by atoms with E-state index in [4.69, 9.17) is 9.15 Å². The second-order valence-corrected chi connectivity index (χ2v) is 7.47. The van der Waals surface area contributed by atoms with Gasteiger partial charge in [0.25, 0.3) is 0 Å². The molecule has 1 fully saturated rings. The highest BCUT2D eigenvalue weighted by atomic mass is 16.5. The third kappa shape index (κ3) is 5.56. The van der Waals surface area contributed by atoms with Crippen LogP contribution in [0.2, 0.25) is 0 Å². The maximum absolute atomic E-state index is 5.60. The van der Waals surface area contributed by atoms with Gasteiger partial charge in [0.1, 0.15) is 12.0 Å². The number of aromatic nitrogens is 1. The molecule has 152 valence electrons. The summed E-state index contributed by atoms with van der Waals surface area (Å²) in [6, 6.07) is 9.89. The number of nitrogens with zero attached hydrogens (tertiary/aromatic N) is 3. The summed E-state index contributed by atoms with van der Waals surface area (Å²) in [5, 5.41) is 6.77. The fraction of sp³-hybridized carbons (Fsp3) is 0.524. The topological polar surface area (TPSA) is 74.9 Å². The molecule has 1 aliphatic heterocycles. The van der Waals surface area contributed by atoms with Gasteiger partial charge in [0.2, 0.25) is 5.89 Å². The van der Waals surface area contributed by atoms with Gasteiger partial charge >= 0.3 is 0 Å². The average Bonchev–Trinajstić information content (AvgIpc) is 3.20. The van der Waals surface area contributed by atoms with Crippen molar-refractivity contribution in [1.82, 2.24) is 20.5 Å². The summed E-state index contributed by atoms with van der Waals surface area (Å²) < 4.78 is 11.1. The van der Waals surface area contributed by atoms with E-state index in [0.29, 0.717) is 12.4 Å². The van der Waals surface area contributed by atoms with Gasteiger partial charge in [-0.1, -0.05) is 18.2 Å². The highest BCUT2D eigenvalue weighted by Gasteiger charge is 2.28. The zero-order chi connectivity index (χ0) is 19.8. The molecule has 0 saturated carbocycles. The number of ether oxygens (including phenoxy) is 1. The Hall–Kier alpha value is -2.38. The first kappa shape index (κ1) is 20.4. The molecule has 7 heteroatoms. The summed E-state index contributed by atoms with van der Waals surface area (Å²) in [4.78, 5) is 11.7. The number of aliphatic imine (C=N–C) groups is 1. The Morgan fingerprint density at radius 3 is 2.64 bits per heavy atom. The molecule has 28 heavy (non-hydrogen) atoms. The number of morpholine rings is 1. The summed E-state index contributed by atoms with van der Waals surface area (Å²) in [6.07, 6.45) is 1.67. The van der Waals surface area contributed by atoms with E-state index in [1.54, 1.807) is 6.26 Å². The van der Waals surface area contributed by atoms with Gasteiger partial charge in [-0.15, -0.1) is 0 Å². The van der Waals surface area contributed by atoms with E-state index < -0.39 is 0 Å². The van der Waals surface area contributed by atoms with Crippen molar-refractivity contribution in [3.05, 3.63) is 42.3 Å². The van der Waals surface area contributed by atoms with Crippen molar-refractivity contribution in [2.45, 2.75) is 32.9 Å². The van der Waals surface area contributed by atoms with Crippen LogP contribution in [-0.4, -0.2) is 60.8 Å². The molecule has 2 aromatic rings. The normalized spacial score (nSPS) is 16.2. The van der Waals surface area contributed by atoms with Gasteiger partial charge < -0.3 is 19.8 Å². The number of nitrogens with one attached hydrogen (secondary N) is 2. The van der Waals surface area contributed by atoms with Crippen molar-refractivity contribution < 1.29 is 9.15 Å². The van der Waals surface area contributed by atoms with Crippen LogP contribution in [0.1, 0.15) is 26.5 Å². The Morgan fingerprint density at radius 1 is 1.18 bits per heavy atom. The van der Waals surface area contributed by atoms with Crippen LogP contribution in [0.3, 0.4) is 0 Å². The maximum atomic E-state index is 5.60. The van der Waals surface area contributed by atoms with Gasteiger partial charge in [-0.25, -0.2) is 9.98 Å². The molecule has 0 amide bonds. The number of oxazole rings is 1. The highest BCUT2D eigenvalue weighted by Crippen LogP contribution is 2.18. The molecule has 0 atom stereocenters. The minimum absolute atomic E-state index is 0.0222. The predicted octanol–water partition coefficient (Wildman–Crippen LogP) is 2.51. The van der Waals surface area contributed by atoms with E-state index in [-0.39, 0.29) is 5.54 Å². The largest absolute Gasteiger partial charge is 0.444 e. The van der Waals surface area contributed by atoms with Crippen molar-refractivity contribution >= 4 is 5.96 Å². The fourth-order valence-corrected chi connectivity index (χ4v) is 3.18. The lowest BCUT2D eigenvalue weighted by Crippen LogP contribution is -2.56. The van der Waals surface area contributed by atoms with Crippen LogP contribution in [0.5, 0.6) is 0 Å². The van der Waals surface area contributed by atoms with Crippen molar-refractivity contribution in [2.75, 3.05) is 39.4 Å². The third-order valence-electron chi connectivity index (χ3n) is 4.87. The summed E-state index contributed by atoms with van der Waals surface area (Å²) >= 11 is 0. The first-order chi connectivity index (χ1) is 13.6. The minimum Gasteiger partial charge on any atom is -0.444 e. The van der Waals surface area contributed by atoms with Gasteiger partial charge in [-0.05, 0) is 32.9 Å². The number of benzene rings is 1. The van der Waals surface area contributed by atoms with Crippen LogP contribution in [-0.2, 0) is 11.3 Å². The Morgan fingerprint density at radius 2 is 1.93 bits per heavy atom. The monoisotopic (exact) mass is 385 g/mol. The standard InChI is InChI=1S/C21H31N5O2/c1-4-22-20(24-16-21(2,3)26-10-12-27-13-11-26)23-14-18-15-28-19(25-18)17-8-6-5-7-9-17/h5-9,15H,4,10-14,16H2,1-3H3,(H2,22,23,24). The third-order valence-corrected chi connectivity index (χ3v) is 4.87. The molecule has 7 nitrogen and oxygen atoms in total. The van der Waals surface area contributed by atoms with Gasteiger partial charge in [-0.2, -0.15) is 0 Å². The molecule has 2 heterocycles. The summed E-state index contributed by atoms with van der Waals surface area (Å²) in [5.74, 6) is 1.41. The smallest absolute Gasteiger partial charge is 0.226 e. The summed E-state index contributed by atoms with van der Waals surface area (Å²) in [5.41, 5.74) is 1.80. The SMILES string of the molecule is CCNC(=NCc1coc(-c2ccccc2)n1)NCC(C)(C)N1CCOCC1. The first-order valence-electron chi connectivity index (χ1n) is 9.93. The van der Waals surface area contributed by atoms with Crippen LogP contribution < -0.4 is 10.6 Å². The Labute approximate surface area is 167 Å². The van der Waals surface area contributed by atoms with Crippen LogP contribution >= 0.6 is 0 Å². The Balaban J connectivity index is 1.59. The minimum atomic E-state index is 0.0222. The molecule has 1 aromatic carbocycles. The lowest BCUT2D eigenvalue weighted by Gasteiger charge is -2.41. The van der Waals surface area contributed by atoms with E-state index in [9.17, 15) is 0 Å². The Kier molecular flexibility index (Phi) is 7.06. The number of hydrogen-bond donors (Lipinski definition) is 2. The van der Waals surface area contributed by atoms with E-state index in [0.717, 1.165) is 56.6 Å². The van der Waals surface area contributed by atoms with Gasteiger partial charge in [0.05, 0.1) is 19.8 Å². The quantitative estimate of drug-likeness (QED) is 0.563. The number of hydrogen-bond acceptors (Lipinski definition) is 5. The van der Waals surface area contributed by atoms with Crippen molar-refractivity contribution in [3.63, 3.8) is 0 Å². The molecule has 0 unspecified atom stereocenters. The highest BCUT2D eigenvalue weighted by molar-refractivity contribution is 5.79. The maximum Gasteiger partial charge on any atom is 0.226 e. The fourth-order valence-electron chi connectivity index (χ4n) is 3.18. The molecular weight excluding hydrogens is 354 g/mol. The van der Waals surface area contributed by atoms with Crippen LogP contribution in [0.4, 0.5) is 0 Å². The first-order valence-corrected chi connectivity index (χ1v) is 9.93. The molecule has 0 bridgehead atoms. The van der Waals surface area contributed by atoms with E-state index >= 15 is 0 Å². The lowest BCUT2D eigenvalue weighted by atomic mass is 10.0. The molecule has 1 aromatic heterocycles. The molecule has 3 rings (SSSR count). The average molecular weight is 386 g/mol. The number of guanidine groups is 1. The second kappa shape index (κ2) is 9.71. The second-order valence-electron chi connectivity index (χ2n) is 7.47. The zero-order valence-electron chi connectivity index (χ0n) is 17.1. The molecule has 0 radical (unpaired) electrons. The van der Waals surface area contributed by atoms with Crippen LogP contribution in [0.25, 0.3) is 11.5 Å². The van der Waals surface area contributed by atoms with Crippen LogP contribution in [0.15, 0.2) is 46.0 Å². The van der Waals surface area contributed by atoms with Crippen molar-refractivity contribution in [3.8, 4) is 11.5 Å². The van der Waals surface area contributed by atoms with Gasteiger partial charge in [0.15, 0.2) is 5.96 Å². The Bertz CT molecular complexity index is 751. The summed E-state index contributed by atoms with van der Waals surface area (Å²) in [7, 11) is 0. The van der Waals surface area contributed by atoms with E-state index in [2.05, 4.69) is 46.3 Å². The molecular formula is C21H31N5O2. The van der Waals surface area contributed by atoms with E-state index in [1.165, 1.54) is 0 Å². The molecule has 0 aliphatic carbocycles. The number of rotatable bonds is 7. The van der Waals surface area contributed by atoms with Crippen LogP contribution in [0, 0.1) is 0 Å². The zero-order valence-corrected chi connectivity index (χ0v) is 17.1. The molecule has 0 spiro atoms. The molecule has 2 N–H and O–H groups in total. The van der Waals surface area contributed by atoms with Crippen molar-refractivity contribution in [2.24, 2.45) is 4.99 Å².